The Kier molecular flexibility index (Phi) is 4.98. The van der Waals surface area contributed by atoms with E-state index in [1.165, 1.54) is 0 Å². The highest BCUT2D eigenvalue weighted by Crippen LogP contribution is 2.21. The number of nitrogens with zero attached hydrogens (tertiary/aromatic N) is 2. The minimum absolute atomic E-state index is 0.484. The number of aliphatic hydroxyl groups is 1. The topological polar surface area (TPSA) is 69.8 Å². The molecule has 0 aromatic heterocycles. The van der Waals surface area contributed by atoms with Gasteiger partial charge in [0, 0.05) is 38.4 Å². The number of nitrogens with two attached hydrogens (primary N) is 1. The van der Waals surface area contributed by atoms with Crippen LogP contribution < -0.4 is 5.73 Å². The van der Waals surface area contributed by atoms with Gasteiger partial charge in [-0.25, -0.2) is 0 Å². The van der Waals surface area contributed by atoms with Crippen LogP contribution in [-0.4, -0.2) is 54.0 Å². The molecule has 1 atom stereocenters. The molecule has 5 heteroatoms. The zero-order chi connectivity index (χ0) is 14.5. The largest absolute Gasteiger partial charge is 0.399 e. The van der Waals surface area contributed by atoms with Gasteiger partial charge in [-0.3, -0.25) is 9.69 Å². The lowest BCUT2D eigenvalue weighted by Crippen LogP contribution is -2.46. The van der Waals surface area contributed by atoms with Crippen molar-refractivity contribution in [3.63, 3.8) is 0 Å². The predicted molar refractivity (Wildman–Crippen MR) is 79.2 cm³/mol. The Morgan fingerprint density at radius 1 is 1.35 bits per heavy atom. The summed E-state index contributed by atoms with van der Waals surface area (Å²) in [6.45, 7) is 6.09. The van der Waals surface area contributed by atoms with Gasteiger partial charge in [0.25, 0.3) is 0 Å². The molecule has 0 radical (unpaired) electrons. The number of carbonyl (C=O) groups is 1. The number of hydrogen-bond donors (Lipinski definition) is 2. The Labute approximate surface area is 120 Å². The average molecular weight is 277 g/mol. The number of amides is 1. The van der Waals surface area contributed by atoms with E-state index in [0.29, 0.717) is 6.42 Å². The van der Waals surface area contributed by atoms with E-state index < -0.39 is 6.10 Å². The lowest BCUT2D eigenvalue weighted by Gasteiger charge is -2.32. The van der Waals surface area contributed by atoms with E-state index in [2.05, 4.69) is 4.90 Å². The molecule has 1 aromatic rings. The molecule has 1 saturated heterocycles. The summed E-state index contributed by atoms with van der Waals surface area (Å²) in [5.74, 6) is 0. The number of nitrogen functional groups attached to an aromatic ring is 1. The van der Waals surface area contributed by atoms with Crippen LogP contribution in [0.4, 0.5) is 5.69 Å². The highest BCUT2D eigenvalue weighted by atomic mass is 16.3. The van der Waals surface area contributed by atoms with Crippen molar-refractivity contribution < 1.29 is 9.90 Å². The van der Waals surface area contributed by atoms with Crippen LogP contribution in [-0.2, 0) is 4.79 Å². The van der Waals surface area contributed by atoms with Gasteiger partial charge in [0.2, 0.25) is 6.41 Å². The van der Waals surface area contributed by atoms with Gasteiger partial charge in [-0.15, -0.1) is 0 Å². The van der Waals surface area contributed by atoms with Crippen LogP contribution in [0.15, 0.2) is 18.2 Å². The van der Waals surface area contributed by atoms with Gasteiger partial charge in [-0.05, 0) is 30.5 Å². The first-order chi connectivity index (χ1) is 9.60. The molecule has 110 valence electrons. The van der Waals surface area contributed by atoms with Gasteiger partial charge in [-0.2, -0.15) is 0 Å². The summed E-state index contributed by atoms with van der Waals surface area (Å²) in [7, 11) is 0. The number of piperazine rings is 1. The first-order valence-corrected chi connectivity index (χ1v) is 7.06. The third-order valence-corrected chi connectivity index (χ3v) is 3.96. The Balaban J connectivity index is 1.81. The maximum absolute atomic E-state index is 10.6. The van der Waals surface area contributed by atoms with Gasteiger partial charge in [0.1, 0.15) is 0 Å². The number of anilines is 1. The van der Waals surface area contributed by atoms with Gasteiger partial charge in [0.15, 0.2) is 0 Å². The second kappa shape index (κ2) is 6.72. The van der Waals surface area contributed by atoms with Gasteiger partial charge in [0.05, 0.1) is 6.10 Å². The van der Waals surface area contributed by atoms with Crippen molar-refractivity contribution in [2.75, 3.05) is 38.5 Å². The van der Waals surface area contributed by atoms with Gasteiger partial charge < -0.3 is 15.7 Å². The molecule has 1 unspecified atom stereocenters. The molecular weight excluding hydrogens is 254 g/mol. The van der Waals surface area contributed by atoms with E-state index in [1.807, 2.05) is 25.1 Å². The summed E-state index contributed by atoms with van der Waals surface area (Å²) in [5, 5.41) is 10.2. The van der Waals surface area contributed by atoms with Crippen LogP contribution in [0.25, 0.3) is 0 Å². The molecule has 0 saturated carbocycles. The normalized spacial score (nSPS) is 18.0. The van der Waals surface area contributed by atoms with Crippen LogP contribution in [0, 0.1) is 6.92 Å². The molecule has 1 heterocycles. The molecule has 1 aliphatic rings. The summed E-state index contributed by atoms with van der Waals surface area (Å²) in [6, 6.07) is 5.72. The SMILES string of the molecule is Cc1ccc(C(O)CCN2CCN(C=O)CC2)cc1N. The van der Waals surface area contributed by atoms with Gasteiger partial charge >= 0.3 is 0 Å². The molecule has 1 aliphatic heterocycles. The zero-order valence-electron chi connectivity index (χ0n) is 12.0. The molecule has 0 bridgehead atoms. The second-order valence-electron chi connectivity index (χ2n) is 5.40. The highest BCUT2D eigenvalue weighted by molar-refractivity contribution is 5.48. The molecule has 0 aliphatic carbocycles. The minimum Gasteiger partial charge on any atom is -0.399 e. The van der Waals surface area contributed by atoms with Crippen molar-refractivity contribution in [2.45, 2.75) is 19.4 Å². The maximum Gasteiger partial charge on any atom is 0.209 e. The molecule has 3 N–H and O–H groups in total. The molecule has 0 spiro atoms. The average Bonchev–Trinajstić information content (AvgIpc) is 2.48. The Morgan fingerprint density at radius 3 is 2.65 bits per heavy atom. The number of carbonyl (C=O) groups excluding carboxylic acids is 1. The lowest BCUT2D eigenvalue weighted by atomic mass is 10.0. The maximum atomic E-state index is 10.6. The minimum atomic E-state index is -0.484. The van der Waals surface area contributed by atoms with Crippen LogP contribution in [0.2, 0.25) is 0 Å². The number of rotatable bonds is 5. The van der Waals surface area contributed by atoms with Crippen molar-refractivity contribution >= 4 is 12.1 Å². The summed E-state index contributed by atoms with van der Waals surface area (Å²) in [6.07, 6.45) is 1.10. The zero-order valence-corrected chi connectivity index (χ0v) is 12.0. The Bertz CT molecular complexity index is 456. The van der Waals surface area contributed by atoms with E-state index in [-0.39, 0.29) is 0 Å². The molecule has 1 fully saturated rings. The monoisotopic (exact) mass is 277 g/mol. The predicted octanol–water partition coefficient (Wildman–Crippen LogP) is 0.775. The second-order valence-corrected chi connectivity index (χ2v) is 5.40. The van der Waals surface area contributed by atoms with Crippen LogP contribution in [0.1, 0.15) is 23.7 Å². The van der Waals surface area contributed by atoms with Crippen molar-refractivity contribution in [1.82, 2.24) is 9.80 Å². The first-order valence-electron chi connectivity index (χ1n) is 7.06. The molecule has 2 rings (SSSR count). The lowest BCUT2D eigenvalue weighted by molar-refractivity contribution is -0.119. The molecule has 20 heavy (non-hydrogen) atoms. The van der Waals surface area contributed by atoms with Crippen molar-refractivity contribution in [3.05, 3.63) is 29.3 Å². The number of hydrogen-bond acceptors (Lipinski definition) is 4. The van der Waals surface area contributed by atoms with E-state index in [0.717, 1.165) is 55.9 Å². The first kappa shape index (κ1) is 14.8. The molecule has 5 nitrogen and oxygen atoms in total. The third-order valence-electron chi connectivity index (χ3n) is 3.96. The van der Waals surface area contributed by atoms with E-state index >= 15 is 0 Å². The van der Waals surface area contributed by atoms with E-state index in [9.17, 15) is 9.90 Å². The fourth-order valence-electron chi connectivity index (χ4n) is 2.43. The van der Waals surface area contributed by atoms with Crippen LogP contribution >= 0.6 is 0 Å². The molecule has 1 aromatic carbocycles. The molecule has 1 amide bonds. The summed E-state index contributed by atoms with van der Waals surface area (Å²) >= 11 is 0. The van der Waals surface area contributed by atoms with E-state index in [1.54, 1.807) is 4.90 Å². The van der Waals surface area contributed by atoms with Crippen LogP contribution in [0.5, 0.6) is 0 Å². The standard InChI is InChI=1S/C15H23N3O2/c1-12-2-3-13(10-14(12)16)15(20)4-5-17-6-8-18(11-19)9-7-17/h2-3,10-11,15,20H,4-9,16H2,1H3. The third kappa shape index (κ3) is 3.71. The smallest absolute Gasteiger partial charge is 0.209 e. The summed E-state index contributed by atoms with van der Waals surface area (Å²) < 4.78 is 0. The summed E-state index contributed by atoms with van der Waals surface area (Å²) in [5.41, 5.74) is 8.50. The Morgan fingerprint density at radius 2 is 2.05 bits per heavy atom. The fraction of sp³-hybridized carbons (Fsp3) is 0.533. The van der Waals surface area contributed by atoms with Crippen LogP contribution in [0.3, 0.4) is 0 Å². The highest BCUT2D eigenvalue weighted by Gasteiger charge is 2.17. The fourth-order valence-corrected chi connectivity index (χ4v) is 2.43. The summed E-state index contributed by atoms with van der Waals surface area (Å²) in [4.78, 5) is 14.7. The van der Waals surface area contributed by atoms with E-state index in [4.69, 9.17) is 5.73 Å². The molecular formula is C15H23N3O2. The van der Waals surface area contributed by atoms with Crippen molar-refractivity contribution in [2.24, 2.45) is 0 Å². The number of aliphatic hydroxyl groups excluding tert-OH is 1. The number of benzene rings is 1. The quantitative estimate of drug-likeness (QED) is 0.616. The van der Waals surface area contributed by atoms with Crippen molar-refractivity contribution in [3.8, 4) is 0 Å². The van der Waals surface area contributed by atoms with Crippen molar-refractivity contribution in [1.29, 1.82) is 0 Å². The Hall–Kier alpha value is -1.59. The van der Waals surface area contributed by atoms with Gasteiger partial charge in [-0.1, -0.05) is 12.1 Å². The number of aryl methyl sites for hydroxylation is 1.